The number of hydrogen-bond acceptors (Lipinski definition) is 4. The van der Waals surface area contributed by atoms with Crippen LogP contribution in [0.4, 0.5) is 5.82 Å². The van der Waals surface area contributed by atoms with Gasteiger partial charge in [-0.2, -0.15) is 0 Å². The summed E-state index contributed by atoms with van der Waals surface area (Å²) in [6.45, 7) is 5.63. The Hall–Kier alpha value is -1.13. The molecule has 1 N–H and O–H groups in total. The van der Waals surface area contributed by atoms with Crippen LogP contribution < -0.4 is 10.2 Å². The minimum atomic E-state index is 0.898. The first-order valence-corrected chi connectivity index (χ1v) is 6.82. The highest BCUT2D eigenvalue weighted by Gasteiger charge is 2.12. The molecule has 1 aromatic rings. The van der Waals surface area contributed by atoms with Gasteiger partial charge in [-0.25, -0.2) is 4.98 Å². The minimum absolute atomic E-state index is 0.898. The van der Waals surface area contributed by atoms with Crippen molar-refractivity contribution in [3.8, 4) is 0 Å². The number of anilines is 1. The second-order valence-electron chi connectivity index (χ2n) is 5.02. The number of pyridine rings is 1. The zero-order valence-corrected chi connectivity index (χ0v) is 11.5. The average Bonchev–Trinajstić information content (AvgIpc) is 2.90. The lowest BCUT2D eigenvalue weighted by molar-refractivity contribution is 0.346. The van der Waals surface area contributed by atoms with E-state index in [-0.39, 0.29) is 0 Å². The average molecular weight is 248 g/mol. The van der Waals surface area contributed by atoms with E-state index in [4.69, 9.17) is 0 Å². The number of aromatic nitrogens is 1. The Morgan fingerprint density at radius 1 is 1.39 bits per heavy atom. The van der Waals surface area contributed by atoms with Crippen LogP contribution >= 0.6 is 0 Å². The summed E-state index contributed by atoms with van der Waals surface area (Å²) in [5.74, 6) is 1.07. The molecule has 0 saturated carbocycles. The first kappa shape index (κ1) is 13.3. The summed E-state index contributed by atoms with van der Waals surface area (Å²) in [5, 5.41) is 3.17. The third kappa shape index (κ3) is 3.68. The Morgan fingerprint density at radius 2 is 2.17 bits per heavy atom. The standard InChI is InChI=1S/C14H24N4/c1-15-12-13-5-6-16-14(11-13)17(2)9-10-18-7-3-4-8-18/h5-6,11,15H,3-4,7-10,12H2,1-2H3. The highest BCUT2D eigenvalue weighted by molar-refractivity contribution is 5.40. The van der Waals surface area contributed by atoms with Gasteiger partial charge < -0.3 is 15.1 Å². The van der Waals surface area contributed by atoms with Crippen LogP contribution in [0.3, 0.4) is 0 Å². The number of nitrogens with one attached hydrogen (secondary N) is 1. The minimum Gasteiger partial charge on any atom is -0.358 e. The highest BCUT2D eigenvalue weighted by atomic mass is 15.2. The third-order valence-corrected chi connectivity index (χ3v) is 3.53. The number of nitrogens with zero attached hydrogens (tertiary/aromatic N) is 3. The van der Waals surface area contributed by atoms with Gasteiger partial charge in [0.05, 0.1) is 0 Å². The molecule has 0 aromatic carbocycles. The van der Waals surface area contributed by atoms with Crippen LogP contribution in [0.25, 0.3) is 0 Å². The number of likely N-dealkylation sites (tertiary alicyclic amines) is 1. The maximum absolute atomic E-state index is 4.45. The summed E-state index contributed by atoms with van der Waals surface area (Å²) < 4.78 is 0. The Labute approximate surface area is 110 Å². The van der Waals surface area contributed by atoms with Gasteiger partial charge in [-0.05, 0) is 50.7 Å². The number of rotatable bonds is 6. The Bertz CT molecular complexity index is 361. The second kappa shape index (κ2) is 6.71. The molecule has 1 aliphatic rings. The molecule has 4 nitrogen and oxygen atoms in total. The van der Waals surface area contributed by atoms with Crippen molar-refractivity contribution in [2.45, 2.75) is 19.4 Å². The maximum atomic E-state index is 4.45. The third-order valence-electron chi connectivity index (χ3n) is 3.53. The van der Waals surface area contributed by atoms with Gasteiger partial charge in [-0.15, -0.1) is 0 Å². The molecule has 0 amide bonds. The van der Waals surface area contributed by atoms with Crippen LogP contribution in [0, 0.1) is 0 Å². The molecule has 2 heterocycles. The zero-order valence-electron chi connectivity index (χ0n) is 11.5. The number of likely N-dealkylation sites (N-methyl/N-ethyl adjacent to an activating group) is 1. The van der Waals surface area contributed by atoms with Crippen molar-refractivity contribution in [1.29, 1.82) is 0 Å². The fraction of sp³-hybridized carbons (Fsp3) is 0.643. The van der Waals surface area contributed by atoms with E-state index in [2.05, 4.69) is 39.3 Å². The lowest BCUT2D eigenvalue weighted by Gasteiger charge is -2.22. The van der Waals surface area contributed by atoms with Crippen molar-refractivity contribution in [2.24, 2.45) is 0 Å². The molecular weight excluding hydrogens is 224 g/mol. The van der Waals surface area contributed by atoms with Gasteiger partial charge in [0.2, 0.25) is 0 Å². The molecule has 1 aliphatic heterocycles. The van der Waals surface area contributed by atoms with Crippen molar-refractivity contribution in [3.05, 3.63) is 23.9 Å². The quantitative estimate of drug-likeness (QED) is 0.823. The van der Waals surface area contributed by atoms with Crippen molar-refractivity contribution < 1.29 is 0 Å². The fourth-order valence-corrected chi connectivity index (χ4v) is 2.40. The Morgan fingerprint density at radius 3 is 2.89 bits per heavy atom. The van der Waals surface area contributed by atoms with Gasteiger partial charge in [0.1, 0.15) is 5.82 Å². The second-order valence-corrected chi connectivity index (χ2v) is 5.02. The van der Waals surface area contributed by atoms with Crippen molar-refractivity contribution in [3.63, 3.8) is 0 Å². The summed E-state index contributed by atoms with van der Waals surface area (Å²) in [6.07, 6.45) is 4.62. The molecule has 1 saturated heterocycles. The van der Waals surface area contributed by atoms with E-state index in [1.807, 2.05) is 13.2 Å². The van der Waals surface area contributed by atoms with Gasteiger partial charge in [0.15, 0.2) is 0 Å². The summed E-state index contributed by atoms with van der Waals surface area (Å²) in [5.41, 5.74) is 1.29. The molecule has 0 atom stereocenters. The summed E-state index contributed by atoms with van der Waals surface area (Å²) in [6, 6.07) is 4.23. The Kier molecular flexibility index (Phi) is 4.96. The van der Waals surface area contributed by atoms with Gasteiger partial charge in [-0.1, -0.05) is 0 Å². The van der Waals surface area contributed by atoms with E-state index in [1.54, 1.807) is 0 Å². The molecule has 0 spiro atoms. The predicted octanol–water partition coefficient (Wildman–Crippen LogP) is 1.33. The van der Waals surface area contributed by atoms with Gasteiger partial charge >= 0.3 is 0 Å². The van der Waals surface area contributed by atoms with Crippen LogP contribution in [0.15, 0.2) is 18.3 Å². The van der Waals surface area contributed by atoms with Crippen molar-refractivity contribution in [1.82, 2.24) is 15.2 Å². The van der Waals surface area contributed by atoms with E-state index < -0.39 is 0 Å². The van der Waals surface area contributed by atoms with E-state index in [1.165, 1.54) is 31.5 Å². The molecule has 18 heavy (non-hydrogen) atoms. The van der Waals surface area contributed by atoms with E-state index in [9.17, 15) is 0 Å². The predicted molar refractivity (Wildman–Crippen MR) is 75.9 cm³/mol. The molecule has 2 rings (SSSR count). The topological polar surface area (TPSA) is 31.4 Å². The van der Waals surface area contributed by atoms with Crippen LogP contribution in [-0.4, -0.2) is 50.2 Å². The van der Waals surface area contributed by atoms with Gasteiger partial charge in [-0.3, -0.25) is 0 Å². The molecule has 0 unspecified atom stereocenters. The normalized spacial score (nSPS) is 16.1. The van der Waals surface area contributed by atoms with Crippen LogP contribution in [0.2, 0.25) is 0 Å². The molecule has 0 radical (unpaired) electrons. The van der Waals surface area contributed by atoms with Crippen LogP contribution in [-0.2, 0) is 6.54 Å². The Balaban J connectivity index is 1.86. The molecule has 1 fully saturated rings. The zero-order chi connectivity index (χ0) is 12.8. The molecular formula is C14H24N4. The summed E-state index contributed by atoms with van der Waals surface area (Å²) in [7, 11) is 4.10. The largest absolute Gasteiger partial charge is 0.358 e. The maximum Gasteiger partial charge on any atom is 0.128 e. The fourth-order valence-electron chi connectivity index (χ4n) is 2.40. The van der Waals surface area contributed by atoms with Crippen LogP contribution in [0.1, 0.15) is 18.4 Å². The molecule has 4 heteroatoms. The smallest absolute Gasteiger partial charge is 0.128 e. The van der Waals surface area contributed by atoms with Gasteiger partial charge in [0.25, 0.3) is 0 Å². The first-order valence-electron chi connectivity index (χ1n) is 6.82. The molecule has 1 aromatic heterocycles. The first-order chi connectivity index (χ1) is 8.79. The summed E-state index contributed by atoms with van der Waals surface area (Å²) in [4.78, 5) is 9.23. The van der Waals surface area contributed by atoms with E-state index >= 15 is 0 Å². The van der Waals surface area contributed by atoms with Crippen LogP contribution in [0.5, 0.6) is 0 Å². The molecule has 0 bridgehead atoms. The lowest BCUT2D eigenvalue weighted by Crippen LogP contribution is -2.31. The lowest BCUT2D eigenvalue weighted by atomic mass is 10.2. The highest BCUT2D eigenvalue weighted by Crippen LogP contribution is 2.12. The van der Waals surface area contributed by atoms with Gasteiger partial charge in [0, 0.05) is 32.9 Å². The monoisotopic (exact) mass is 248 g/mol. The van der Waals surface area contributed by atoms with Crippen molar-refractivity contribution in [2.75, 3.05) is 45.2 Å². The molecule has 100 valence electrons. The molecule has 0 aliphatic carbocycles. The SMILES string of the molecule is CNCc1ccnc(N(C)CCN2CCCC2)c1. The summed E-state index contributed by atoms with van der Waals surface area (Å²) >= 11 is 0. The van der Waals surface area contributed by atoms with Crippen molar-refractivity contribution >= 4 is 5.82 Å². The van der Waals surface area contributed by atoms with E-state index in [0.29, 0.717) is 0 Å². The number of hydrogen-bond donors (Lipinski definition) is 1. The van der Waals surface area contributed by atoms with E-state index in [0.717, 1.165) is 25.5 Å².